The molecule has 0 bridgehead atoms. The number of sulfonamides is 1. The van der Waals surface area contributed by atoms with Gasteiger partial charge in [0.05, 0.1) is 4.90 Å². The molecule has 1 atom stereocenters. The van der Waals surface area contributed by atoms with Crippen LogP contribution < -0.4 is 10.5 Å². The molecule has 1 aromatic rings. The minimum atomic E-state index is -3.60. The van der Waals surface area contributed by atoms with Crippen molar-refractivity contribution in [3.05, 3.63) is 29.8 Å². The zero-order valence-corrected chi connectivity index (χ0v) is 14.3. The zero-order chi connectivity index (χ0) is 15.6. The topological polar surface area (TPSA) is 92.5 Å². The van der Waals surface area contributed by atoms with Crippen molar-refractivity contribution in [1.82, 2.24) is 9.62 Å². The average molecular weight is 348 g/mol. The molecule has 0 spiro atoms. The second-order valence-corrected chi connectivity index (χ2v) is 7.32. The lowest BCUT2D eigenvalue weighted by Gasteiger charge is -2.16. The van der Waals surface area contributed by atoms with Crippen LogP contribution in [0, 0.1) is 0 Å². The molecule has 6 nitrogen and oxygen atoms in total. The molecule has 1 saturated heterocycles. The van der Waals surface area contributed by atoms with Crippen LogP contribution >= 0.6 is 12.4 Å². The Kier molecular flexibility index (Phi) is 6.37. The van der Waals surface area contributed by atoms with Crippen molar-refractivity contribution in [2.45, 2.75) is 37.2 Å². The van der Waals surface area contributed by atoms with E-state index in [1.807, 2.05) is 0 Å². The number of benzene rings is 1. The Morgan fingerprint density at radius 1 is 1.41 bits per heavy atom. The van der Waals surface area contributed by atoms with Gasteiger partial charge in [0.15, 0.2) is 0 Å². The van der Waals surface area contributed by atoms with Crippen molar-refractivity contribution in [3.8, 4) is 0 Å². The summed E-state index contributed by atoms with van der Waals surface area (Å²) < 4.78 is 26.8. The highest BCUT2D eigenvalue weighted by Crippen LogP contribution is 2.16. The first kappa shape index (κ1) is 18.9. The number of rotatable bonds is 4. The molecule has 1 aromatic carbocycles. The lowest BCUT2D eigenvalue weighted by atomic mass is 10.2. The van der Waals surface area contributed by atoms with Crippen LogP contribution in [0.2, 0.25) is 0 Å². The van der Waals surface area contributed by atoms with E-state index in [1.165, 1.54) is 12.1 Å². The number of nitrogens with one attached hydrogen (secondary N) is 1. The maximum absolute atomic E-state index is 12.3. The predicted molar refractivity (Wildman–Crippen MR) is 87.6 cm³/mol. The number of nitrogens with zero attached hydrogens (tertiary/aromatic N) is 1. The van der Waals surface area contributed by atoms with Gasteiger partial charge >= 0.3 is 0 Å². The Hall–Kier alpha value is -1.15. The standard InChI is InChI=1S/C14H21N3O3S.ClH/c1-10(2)16-21(19,20)13-5-3-4-11(8-13)14(18)17-7-6-12(15)9-17;/h3-5,8,10,12,16H,6-7,9,15H2,1-2H3;1H/t12-;/m1./s1. The third-order valence-electron chi connectivity index (χ3n) is 3.29. The first-order chi connectivity index (χ1) is 9.79. The number of hydrogen-bond donors (Lipinski definition) is 2. The van der Waals surface area contributed by atoms with E-state index in [2.05, 4.69) is 4.72 Å². The summed E-state index contributed by atoms with van der Waals surface area (Å²) in [5.41, 5.74) is 6.17. The van der Waals surface area contributed by atoms with Gasteiger partial charge in [-0.2, -0.15) is 0 Å². The fourth-order valence-corrected chi connectivity index (χ4v) is 3.63. The molecule has 0 aliphatic carbocycles. The third kappa shape index (κ3) is 4.42. The molecule has 22 heavy (non-hydrogen) atoms. The Balaban J connectivity index is 0.00000242. The number of likely N-dealkylation sites (tertiary alicyclic amines) is 1. The molecule has 124 valence electrons. The van der Waals surface area contributed by atoms with Crippen molar-refractivity contribution < 1.29 is 13.2 Å². The molecule has 2 rings (SSSR count). The Labute approximate surface area is 137 Å². The predicted octanol–water partition coefficient (Wildman–Crippen LogP) is 0.968. The number of halogens is 1. The van der Waals surface area contributed by atoms with E-state index in [9.17, 15) is 13.2 Å². The second-order valence-electron chi connectivity index (χ2n) is 5.60. The Morgan fingerprint density at radius 2 is 2.09 bits per heavy atom. The van der Waals surface area contributed by atoms with Crippen LogP contribution in [0.25, 0.3) is 0 Å². The molecule has 1 fully saturated rings. The molecule has 0 unspecified atom stereocenters. The minimum Gasteiger partial charge on any atom is -0.337 e. The molecule has 1 amide bonds. The van der Waals surface area contributed by atoms with Gasteiger partial charge in [-0.1, -0.05) is 6.07 Å². The smallest absolute Gasteiger partial charge is 0.253 e. The van der Waals surface area contributed by atoms with E-state index >= 15 is 0 Å². The van der Waals surface area contributed by atoms with Crippen LogP contribution in [-0.4, -0.2) is 44.4 Å². The summed E-state index contributed by atoms with van der Waals surface area (Å²) in [6.07, 6.45) is 0.776. The van der Waals surface area contributed by atoms with Gasteiger partial charge in [0.2, 0.25) is 10.0 Å². The van der Waals surface area contributed by atoms with Crippen LogP contribution in [0.4, 0.5) is 0 Å². The molecule has 1 aliphatic heterocycles. The summed E-state index contributed by atoms with van der Waals surface area (Å²) in [6.45, 7) is 4.62. The van der Waals surface area contributed by atoms with Crippen LogP contribution in [0.15, 0.2) is 29.2 Å². The van der Waals surface area contributed by atoms with E-state index in [0.717, 1.165) is 6.42 Å². The van der Waals surface area contributed by atoms with Gasteiger partial charge in [-0.3, -0.25) is 4.79 Å². The molecular formula is C14H22ClN3O3S. The lowest BCUT2D eigenvalue weighted by molar-refractivity contribution is 0.0790. The summed E-state index contributed by atoms with van der Waals surface area (Å²) >= 11 is 0. The molecule has 0 saturated carbocycles. The van der Waals surface area contributed by atoms with E-state index in [0.29, 0.717) is 18.7 Å². The van der Waals surface area contributed by atoms with Gasteiger partial charge in [0.1, 0.15) is 0 Å². The summed E-state index contributed by atoms with van der Waals surface area (Å²) in [7, 11) is -3.60. The van der Waals surface area contributed by atoms with E-state index in [-0.39, 0.29) is 35.3 Å². The summed E-state index contributed by atoms with van der Waals surface area (Å²) in [5.74, 6) is -0.176. The first-order valence-electron chi connectivity index (χ1n) is 6.97. The SMILES string of the molecule is CC(C)NS(=O)(=O)c1cccc(C(=O)N2CC[C@@H](N)C2)c1.Cl. The number of hydrogen-bond acceptors (Lipinski definition) is 4. The highest BCUT2D eigenvalue weighted by molar-refractivity contribution is 7.89. The molecule has 1 heterocycles. The normalized spacial score (nSPS) is 18.4. The zero-order valence-electron chi connectivity index (χ0n) is 12.7. The molecule has 8 heteroatoms. The molecule has 1 aliphatic rings. The van der Waals surface area contributed by atoms with Gasteiger partial charge in [-0.15, -0.1) is 12.4 Å². The highest BCUT2D eigenvalue weighted by atomic mass is 35.5. The van der Waals surface area contributed by atoms with Crippen molar-refractivity contribution in [2.24, 2.45) is 5.73 Å². The van der Waals surface area contributed by atoms with E-state index in [4.69, 9.17) is 5.73 Å². The van der Waals surface area contributed by atoms with Crippen molar-refractivity contribution in [1.29, 1.82) is 0 Å². The third-order valence-corrected chi connectivity index (χ3v) is 4.95. The van der Waals surface area contributed by atoms with Crippen molar-refractivity contribution in [2.75, 3.05) is 13.1 Å². The summed E-state index contributed by atoms with van der Waals surface area (Å²) in [5, 5.41) is 0. The molecule has 0 radical (unpaired) electrons. The van der Waals surface area contributed by atoms with Crippen molar-refractivity contribution >= 4 is 28.3 Å². The maximum atomic E-state index is 12.3. The minimum absolute atomic E-state index is 0. The fraction of sp³-hybridized carbons (Fsp3) is 0.500. The van der Waals surface area contributed by atoms with Crippen molar-refractivity contribution in [3.63, 3.8) is 0 Å². The van der Waals surface area contributed by atoms with Gasteiger partial charge in [-0.05, 0) is 38.5 Å². The molecular weight excluding hydrogens is 326 g/mol. The van der Waals surface area contributed by atoms with Crippen LogP contribution in [0.1, 0.15) is 30.6 Å². The van der Waals surface area contributed by atoms with Crippen LogP contribution in [0.3, 0.4) is 0 Å². The largest absolute Gasteiger partial charge is 0.337 e. The molecule has 3 N–H and O–H groups in total. The lowest BCUT2D eigenvalue weighted by Crippen LogP contribution is -2.32. The van der Waals surface area contributed by atoms with Gasteiger partial charge in [-0.25, -0.2) is 13.1 Å². The van der Waals surface area contributed by atoms with E-state index in [1.54, 1.807) is 30.9 Å². The van der Waals surface area contributed by atoms with Gasteiger partial charge < -0.3 is 10.6 Å². The Morgan fingerprint density at radius 3 is 2.64 bits per heavy atom. The maximum Gasteiger partial charge on any atom is 0.253 e. The quantitative estimate of drug-likeness (QED) is 0.848. The number of carbonyl (C=O) groups excluding carboxylic acids is 1. The van der Waals surface area contributed by atoms with Gasteiger partial charge in [0, 0.05) is 30.7 Å². The first-order valence-corrected chi connectivity index (χ1v) is 8.45. The highest BCUT2D eigenvalue weighted by Gasteiger charge is 2.25. The van der Waals surface area contributed by atoms with Gasteiger partial charge in [0.25, 0.3) is 5.91 Å². The monoisotopic (exact) mass is 347 g/mol. The summed E-state index contributed by atoms with van der Waals surface area (Å²) in [6, 6.07) is 5.90. The van der Waals surface area contributed by atoms with Crippen LogP contribution in [0.5, 0.6) is 0 Å². The second kappa shape index (κ2) is 7.41. The Bertz CT molecular complexity index is 634. The molecule has 0 aromatic heterocycles. The number of carbonyl (C=O) groups is 1. The van der Waals surface area contributed by atoms with Crippen LogP contribution in [-0.2, 0) is 10.0 Å². The summed E-state index contributed by atoms with van der Waals surface area (Å²) in [4.78, 5) is 14.1. The number of nitrogens with two attached hydrogens (primary N) is 1. The van der Waals surface area contributed by atoms with E-state index < -0.39 is 10.0 Å². The number of amides is 1. The fourth-order valence-electron chi connectivity index (χ4n) is 2.33. The average Bonchev–Trinajstić information content (AvgIpc) is 2.83.